The van der Waals surface area contributed by atoms with Crippen LogP contribution in [0.25, 0.3) is 16.6 Å². The number of anilines is 2. The number of halogens is 1. The van der Waals surface area contributed by atoms with Crippen molar-refractivity contribution >= 4 is 28.2 Å². The van der Waals surface area contributed by atoms with Crippen molar-refractivity contribution in [3.05, 3.63) is 36.2 Å². The smallest absolute Gasteiger partial charge is 0.223 e. The van der Waals surface area contributed by atoms with Crippen LogP contribution in [0.15, 0.2) is 24.5 Å². The van der Waals surface area contributed by atoms with Gasteiger partial charge >= 0.3 is 0 Å². The number of methoxy groups -OCH3 is 1. The number of hydrogen-bond donors (Lipinski definition) is 2. The van der Waals surface area contributed by atoms with Crippen molar-refractivity contribution in [3.8, 4) is 5.75 Å². The van der Waals surface area contributed by atoms with Crippen molar-refractivity contribution in [1.29, 1.82) is 0 Å². The van der Waals surface area contributed by atoms with E-state index in [1.54, 1.807) is 0 Å². The molecule has 1 aliphatic heterocycles. The van der Waals surface area contributed by atoms with Gasteiger partial charge in [0.15, 0.2) is 23.0 Å². The van der Waals surface area contributed by atoms with Gasteiger partial charge in [-0.2, -0.15) is 9.61 Å². The van der Waals surface area contributed by atoms with Gasteiger partial charge in [0.1, 0.15) is 0 Å². The van der Waals surface area contributed by atoms with E-state index >= 15 is 0 Å². The predicted octanol–water partition coefficient (Wildman–Crippen LogP) is 3.06. The van der Waals surface area contributed by atoms with Crippen molar-refractivity contribution < 1.29 is 14.2 Å². The van der Waals surface area contributed by atoms with Crippen molar-refractivity contribution in [2.75, 3.05) is 24.3 Å². The van der Waals surface area contributed by atoms with E-state index in [1.165, 1.54) is 23.8 Å². The number of nitrogens with two attached hydrogens (primary N) is 1. The number of nitrogen functional groups attached to an aromatic ring is 1. The molecule has 11 heteroatoms. The molecule has 1 saturated heterocycles. The van der Waals surface area contributed by atoms with E-state index in [0.29, 0.717) is 28.4 Å². The quantitative estimate of drug-likeness (QED) is 0.457. The number of aliphatic hydroxyl groups is 1. The second-order valence-corrected chi connectivity index (χ2v) is 9.70. The van der Waals surface area contributed by atoms with Crippen LogP contribution in [0, 0.1) is 5.82 Å². The molecule has 4 heterocycles. The highest BCUT2D eigenvalue weighted by atomic mass is 19.1. The van der Waals surface area contributed by atoms with Crippen LogP contribution < -0.4 is 15.4 Å². The fraction of sp³-hybridized carbons (Fsp3) is 0.500. The summed E-state index contributed by atoms with van der Waals surface area (Å²) in [5.74, 6) is 0.551. The fourth-order valence-corrected chi connectivity index (χ4v) is 5.54. The van der Waals surface area contributed by atoms with Gasteiger partial charge in [-0.25, -0.2) is 14.4 Å². The van der Waals surface area contributed by atoms with Crippen molar-refractivity contribution in [2.45, 2.75) is 63.1 Å². The van der Waals surface area contributed by atoms with Crippen LogP contribution in [0.5, 0.6) is 5.75 Å². The highest BCUT2D eigenvalue weighted by Gasteiger charge is 2.32. The Balaban J connectivity index is 1.33. The maximum Gasteiger partial charge on any atom is 0.223 e. The van der Waals surface area contributed by atoms with Crippen LogP contribution in [-0.2, 0) is 0 Å². The van der Waals surface area contributed by atoms with Crippen molar-refractivity contribution in [2.24, 2.45) is 0 Å². The van der Waals surface area contributed by atoms with Gasteiger partial charge < -0.3 is 20.5 Å². The Morgan fingerprint density at radius 1 is 1.17 bits per heavy atom. The zero-order chi connectivity index (χ0) is 24.3. The number of rotatable bonds is 4. The lowest BCUT2D eigenvalue weighted by Gasteiger charge is -2.37. The second-order valence-electron chi connectivity index (χ2n) is 9.70. The molecule has 4 atom stereocenters. The molecule has 1 saturated carbocycles. The maximum atomic E-state index is 14.5. The third-order valence-electron chi connectivity index (χ3n) is 7.54. The molecule has 3 aromatic heterocycles. The zero-order valence-electron chi connectivity index (χ0n) is 19.8. The largest absolute Gasteiger partial charge is 0.494 e. The van der Waals surface area contributed by atoms with Gasteiger partial charge in [-0.05, 0) is 45.1 Å². The number of aliphatic hydroxyl groups excluding tert-OH is 1. The molecule has 0 radical (unpaired) electrons. The minimum atomic E-state index is -0.486. The molecule has 0 spiro atoms. The Labute approximate surface area is 201 Å². The average molecular weight is 481 g/mol. The Kier molecular flexibility index (Phi) is 5.24. The molecule has 0 bridgehead atoms. The van der Waals surface area contributed by atoms with E-state index in [4.69, 9.17) is 15.5 Å². The van der Waals surface area contributed by atoms with Gasteiger partial charge in [-0.15, -0.1) is 5.10 Å². The van der Waals surface area contributed by atoms with Crippen LogP contribution in [0.2, 0.25) is 0 Å². The molecule has 4 aromatic rings. The van der Waals surface area contributed by atoms with Gasteiger partial charge in [0, 0.05) is 36.2 Å². The number of nitrogens with zero attached hydrogens (tertiary/aromatic N) is 7. The lowest BCUT2D eigenvalue weighted by molar-refractivity contribution is 0.130. The summed E-state index contributed by atoms with van der Waals surface area (Å²) in [5.41, 5.74) is 8.21. The van der Waals surface area contributed by atoms with E-state index in [9.17, 15) is 9.50 Å². The first kappa shape index (κ1) is 22.0. The molecule has 184 valence electrons. The van der Waals surface area contributed by atoms with Crippen molar-refractivity contribution in [3.63, 3.8) is 0 Å². The van der Waals surface area contributed by atoms with Gasteiger partial charge in [0.2, 0.25) is 5.95 Å². The summed E-state index contributed by atoms with van der Waals surface area (Å²) in [4.78, 5) is 11.5. The first-order chi connectivity index (χ1) is 16.9. The molecule has 1 aromatic carbocycles. The number of fused-ring (bicyclic) bond motifs is 3. The standard InChI is InChI=1S/C24H29FN8O2/c1-13-6-7-14(11-31(13)15-10-27-32(12-15)19-4-3-5-20(19)34)22-29-23-16-8-17(25)21(35-2)9-18(16)28-24(26)33(23)30-22/h8-10,12-14,19-20,34H,3-7,11H2,1-2H3,(H2,26,28). The second kappa shape index (κ2) is 8.33. The first-order valence-corrected chi connectivity index (χ1v) is 12.1. The zero-order valence-corrected chi connectivity index (χ0v) is 19.8. The van der Waals surface area contributed by atoms with Gasteiger partial charge in [-0.3, -0.25) is 4.68 Å². The number of ether oxygens (including phenoxy) is 1. The minimum absolute atomic E-state index is 0.0440. The molecule has 6 rings (SSSR count). The number of benzene rings is 1. The lowest BCUT2D eigenvalue weighted by atomic mass is 9.92. The summed E-state index contributed by atoms with van der Waals surface area (Å²) in [6.45, 7) is 2.94. The highest BCUT2D eigenvalue weighted by molar-refractivity contribution is 5.93. The van der Waals surface area contributed by atoms with Crippen LogP contribution in [-0.4, -0.2) is 60.3 Å². The number of hydrogen-bond acceptors (Lipinski definition) is 8. The van der Waals surface area contributed by atoms with Crippen LogP contribution in [0.4, 0.5) is 16.0 Å². The molecule has 2 aliphatic rings. The van der Waals surface area contributed by atoms with Crippen molar-refractivity contribution in [1.82, 2.24) is 29.4 Å². The summed E-state index contributed by atoms with van der Waals surface area (Å²) >= 11 is 0. The molecule has 35 heavy (non-hydrogen) atoms. The Bertz CT molecular complexity index is 1400. The fourth-order valence-electron chi connectivity index (χ4n) is 5.54. The van der Waals surface area contributed by atoms with Gasteiger partial charge in [0.05, 0.1) is 36.7 Å². The summed E-state index contributed by atoms with van der Waals surface area (Å²) in [5, 5.41) is 20.1. The molecular formula is C24H29FN8O2. The highest BCUT2D eigenvalue weighted by Crippen LogP contribution is 2.35. The van der Waals surface area contributed by atoms with Crippen LogP contribution in [0.3, 0.4) is 0 Å². The third kappa shape index (κ3) is 3.65. The molecule has 4 unspecified atom stereocenters. The maximum absolute atomic E-state index is 14.5. The Morgan fingerprint density at radius 3 is 2.80 bits per heavy atom. The van der Waals surface area contributed by atoms with Crippen LogP contribution >= 0.6 is 0 Å². The van der Waals surface area contributed by atoms with Gasteiger partial charge in [-0.1, -0.05) is 0 Å². The Hall–Kier alpha value is -3.47. The van der Waals surface area contributed by atoms with E-state index < -0.39 is 5.82 Å². The van der Waals surface area contributed by atoms with Gasteiger partial charge in [0.25, 0.3) is 0 Å². The summed E-state index contributed by atoms with van der Waals surface area (Å²) < 4.78 is 22.9. The summed E-state index contributed by atoms with van der Waals surface area (Å²) in [6, 6.07) is 3.28. The molecule has 0 amide bonds. The first-order valence-electron chi connectivity index (χ1n) is 12.1. The van der Waals surface area contributed by atoms with E-state index in [-0.39, 0.29) is 29.8 Å². The SMILES string of the molecule is COc1cc2nc(N)n3nc(C4CCC(C)N(c5cnn(C6CCCC6O)c5)C4)nc3c2cc1F. The summed E-state index contributed by atoms with van der Waals surface area (Å²) in [6.07, 6.45) is 8.27. The molecule has 1 aliphatic carbocycles. The minimum Gasteiger partial charge on any atom is -0.494 e. The topological polar surface area (TPSA) is 120 Å². The molecule has 10 nitrogen and oxygen atoms in total. The van der Waals surface area contributed by atoms with E-state index in [1.807, 2.05) is 17.1 Å². The summed E-state index contributed by atoms with van der Waals surface area (Å²) in [7, 11) is 1.41. The van der Waals surface area contributed by atoms with E-state index in [0.717, 1.165) is 44.3 Å². The number of piperidine rings is 1. The average Bonchev–Trinajstić information content (AvgIpc) is 3.59. The monoisotopic (exact) mass is 480 g/mol. The van der Waals surface area contributed by atoms with E-state index in [2.05, 4.69) is 27.0 Å². The molecule has 3 N–H and O–H groups in total. The molecule has 2 fully saturated rings. The van der Waals surface area contributed by atoms with Crippen LogP contribution in [0.1, 0.15) is 56.8 Å². The Morgan fingerprint density at radius 2 is 2.03 bits per heavy atom. The lowest BCUT2D eigenvalue weighted by Crippen LogP contribution is -2.41. The number of aromatic nitrogens is 6. The molecular weight excluding hydrogens is 451 g/mol. The third-order valence-corrected chi connectivity index (χ3v) is 7.54. The predicted molar refractivity (Wildman–Crippen MR) is 129 cm³/mol. The normalized spacial score (nSPS) is 25.1.